The normalized spacial score (nSPS) is 22.5. The van der Waals surface area contributed by atoms with Gasteiger partial charge in [0.1, 0.15) is 5.82 Å². The molecule has 1 saturated carbocycles. The first-order chi connectivity index (χ1) is 15.6. The number of likely N-dealkylation sites (tertiary alicyclic amines) is 1. The fourth-order valence-electron chi connectivity index (χ4n) is 5.72. The number of benzene rings is 1. The molecule has 1 saturated heterocycles. The Hall–Kier alpha value is -2.47. The lowest BCUT2D eigenvalue weighted by atomic mass is 9.92. The fraction of sp³-hybridized carbons (Fsp3) is 0.577. The van der Waals surface area contributed by atoms with Gasteiger partial charge in [-0.3, -0.25) is 14.5 Å². The average Bonchev–Trinajstić information content (AvgIpc) is 2.84. The molecule has 170 valence electrons. The lowest BCUT2D eigenvalue weighted by Crippen LogP contribution is -2.44. The van der Waals surface area contributed by atoms with Gasteiger partial charge in [-0.25, -0.2) is 4.98 Å². The second-order valence-electron chi connectivity index (χ2n) is 9.76. The molecule has 0 spiro atoms. The van der Waals surface area contributed by atoms with E-state index in [4.69, 9.17) is 4.98 Å². The van der Waals surface area contributed by atoms with Crippen LogP contribution in [0.5, 0.6) is 0 Å². The Balaban J connectivity index is 1.42. The second-order valence-corrected chi connectivity index (χ2v) is 9.76. The van der Waals surface area contributed by atoms with Crippen LogP contribution in [0.4, 0.5) is 0 Å². The fourth-order valence-corrected chi connectivity index (χ4v) is 5.72. The highest BCUT2D eigenvalue weighted by atomic mass is 16.2. The third-order valence-corrected chi connectivity index (χ3v) is 7.59. The molecule has 2 aromatic rings. The molecule has 3 aliphatic rings. The number of carbonyl (C=O) groups is 1. The van der Waals surface area contributed by atoms with Crippen LogP contribution < -0.4 is 5.56 Å². The summed E-state index contributed by atoms with van der Waals surface area (Å²) in [5.74, 6) is 0.693. The average molecular weight is 435 g/mol. The summed E-state index contributed by atoms with van der Waals surface area (Å²) in [5.41, 5.74) is 3.59. The molecule has 1 aromatic heterocycles. The van der Waals surface area contributed by atoms with Gasteiger partial charge in [0.05, 0.1) is 11.7 Å². The summed E-state index contributed by atoms with van der Waals surface area (Å²) in [6.07, 6.45) is 10.1. The summed E-state index contributed by atoms with van der Waals surface area (Å²) < 4.78 is 0. The maximum atomic E-state index is 13.3. The van der Waals surface area contributed by atoms with Crippen molar-refractivity contribution in [1.82, 2.24) is 19.8 Å². The van der Waals surface area contributed by atoms with Gasteiger partial charge in [0.2, 0.25) is 0 Å². The molecule has 2 fully saturated rings. The Morgan fingerprint density at radius 1 is 1.00 bits per heavy atom. The maximum Gasteiger partial charge on any atom is 0.254 e. The highest BCUT2D eigenvalue weighted by molar-refractivity contribution is 5.94. The quantitative estimate of drug-likeness (QED) is 0.788. The summed E-state index contributed by atoms with van der Waals surface area (Å²) in [4.78, 5) is 38.8. The van der Waals surface area contributed by atoms with Crippen molar-refractivity contribution in [2.24, 2.45) is 0 Å². The number of rotatable bonds is 3. The first-order valence-electron chi connectivity index (χ1n) is 12.3. The van der Waals surface area contributed by atoms with Crippen LogP contribution in [0.25, 0.3) is 0 Å². The van der Waals surface area contributed by atoms with Gasteiger partial charge in [0.15, 0.2) is 0 Å². The molecule has 0 bridgehead atoms. The van der Waals surface area contributed by atoms with Crippen LogP contribution in [-0.4, -0.2) is 44.8 Å². The molecule has 1 aliphatic carbocycles. The van der Waals surface area contributed by atoms with Gasteiger partial charge in [-0.15, -0.1) is 0 Å². The van der Waals surface area contributed by atoms with Crippen LogP contribution in [0.15, 0.2) is 29.1 Å². The summed E-state index contributed by atoms with van der Waals surface area (Å²) >= 11 is 0. The van der Waals surface area contributed by atoms with Crippen molar-refractivity contribution in [3.8, 4) is 0 Å². The molecule has 6 nitrogen and oxygen atoms in total. The molecular formula is C26H34N4O2. The van der Waals surface area contributed by atoms with Gasteiger partial charge in [-0.2, -0.15) is 0 Å². The second kappa shape index (κ2) is 9.18. The van der Waals surface area contributed by atoms with Gasteiger partial charge in [-0.05, 0) is 57.6 Å². The molecule has 32 heavy (non-hydrogen) atoms. The molecule has 1 aromatic carbocycles. The van der Waals surface area contributed by atoms with E-state index in [0.29, 0.717) is 24.0 Å². The Morgan fingerprint density at radius 2 is 1.75 bits per heavy atom. The third-order valence-electron chi connectivity index (χ3n) is 7.59. The van der Waals surface area contributed by atoms with Gasteiger partial charge < -0.3 is 9.88 Å². The number of hydrogen-bond donors (Lipinski definition) is 1. The zero-order valence-electron chi connectivity index (χ0n) is 19.1. The highest BCUT2D eigenvalue weighted by Crippen LogP contribution is 2.31. The molecule has 1 atom stereocenters. The summed E-state index contributed by atoms with van der Waals surface area (Å²) in [7, 11) is 0. The van der Waals surface area contributed by atoms with Crippen molar-refractivity contribution >= 4 is 5.91 Å². The Labute approximate surface area is 190 Å². The molecule has 0 unspecified atom stereocenters. The number of nitrogens with one attached hydrogen (secondary N) is 1. The van der Waals surface area contributed by atoms with E-state index < -0.39 is 0 Å². The van der Waals surface area contributed by atoms with Crippen molar-refractivity contribution < 1.29 is 4.79 Å². The molecule has 0 radical (unpaired) electrons. The van der Waals surface area contributed by atoms with Gasteiger partial charge in [0, 0.05) is 36.8 Å². The number of aryl methyl sites for hydroxylation is 1. The van der Waals surface area contributed by atoms with Crippen molar-refractivity contribution in [1.29, 1.82) is 0 Å². The number of nitrogens with zero attached hydrogens (tertiary/aromatic N) is 3. The number of amides is 1. The number of piperidine rings is 1. The van der Waals surface area contributed by atoms with E-state index in [1.54, 1.807) is 0 Å². The molecule has 6 heteroatoms. The van der Waals surface area contributed by atoms with E-state index in [1.165, 1.54) is 32.1 Å². The largest absolute Gasteiger partial charge is 0.328 e. The Bertz CT molecular complexity index is 1020. The first kappa shape index (κ1) is 21.4. The summed E-state index contributed by atoms with van der Waals surface area (Å²) in [6, 6.07) is 8.20. The van der Waals surface area contributed by atoms with Crippen LogP contribution in [0.3, 0.4) is 0 Å². The topological polar surface area (TPSA) is 69.3 Å². The minimum atomic E-state index is -0.166. The van der Waals surface area contributed by atoms with E-state index in [-0.39, 0.29) is 17.5 Å². The van der Waals surface area contributed by atoms with Crippen molar-refractivity contribution in [2.75, 3.05) is 13.1 Å². The standard InChI is InChI=1S/C26H34N4O2/c1-18-10-12-19(13-11-18)26(32)30-15-6-5-9-23(30)24-27-22-17-29(20-7-3-2-4-8-20)16-14-21(22)25(31)28-24/h10-13,20,23H,2-9,14-17H2,1H3,(H,27,28,31)/t23-/m1/s1. The van der Waals surface area contributed by atoms with Crippen molar-refractivity contribution in [3.05, 3.63) is 62.8 Å². The SMILES string of the molecule is Cc1ccc(C(=O)N2CCCC[C@@H]2c2nc3c(c(=O)[nH]2)CCN(C2CCCCC2)C3)cc1. The molecule has 5 rings (SSSR count). The third kappa shape index (κ3) is 4.25. The highest BCUT2D eigenvalue weighted by Gasteiger charge is 2.33. The minimum Gasteiger partial charge on any atom is -0.328 e. The van der Waals surface area contributed by atoms with Gasteiger partial charge in [-0.1, -0.05) is 37.0 Å². The van der Waals surface area contributed by atoms with Crippen LogP contribution >= 0.6 is 0 Å². The number of aromatic nitrogens is 2. The van der Waals surface area contributed by atoms with E-state index in [2.05, 4.69) is 9.88 Å². The lowest BCUT2D eigenvalue weighted by molar-refractivity contribution is 0.0598. The molecule has 1 amide bonds. The predicted molar refractivity (Wildman–Crippen MR) is 125 cm³/mol. The zero-order chi connectivity index (χ0) is 22.1. The number of carbonyl (C=O) groups excluding carboxylic acids is 1. The smallest absolute Gasteiger partial charge is 0.254 e. The van der Waals surface area contributed by atoms with E-state index >= 15 is 0 Å². The number of fused-ring (bicyclic) bond motifs is 1. The van der Waals surface area contributed by atoms with Crippen LogP contribution in [0.2, 0.25) is 0 Å². The maximum absolute atomic E-state index is 13.3. The molecular weight excluding hydrogens is 400 g/mol. The number of H-pyrrole nitrogens is 1. The minimum absolute atomic E-state index is 0.0124. The van der Waals surface area contributed by atoms with Crippen LogP contribution in [-0.2, 0) is 13.0 Å². The van der Waals surface area contributed by atoms with Crippen LogP contribution in [0, 0.1) is 6.92 Å². The van der Waals surface area contributed by atoms with E-state index in [0.717, 1.165) is 55.6 Å². The summed E-state index contributed by atoms with van der Waals surface area (Å²) in [6.45, 7) is 4.43. The van der Waals surface area contributed by atoms with Gasteiger partial charge in [0.25, 0.3) is 11.5 Å². The van der Waals surface area contributed by atoms with Crippen molar-refractivity contribution in [2.45, 2.75) is 83.3 Å². The number of hydrogen-bond acceptors (Lipinski definition) is 4. The van der Waals surface area contributed by atoms with Crippen molar-refractivity contribution in [3.63, 3.8) is 0 Å². The van der Waals surface area contributed by atoms with Crippen LogP contribution in [0.1, 0.15) is 90.4 Å². The number of aromatic amines is 1. The summed E-state index contributed by atoms with van der Waals surface area (Å²) in [5, 5.41) is 0. The lowest BCUT2D eigenvalue weighted by Gasteiger charge is -2.38. The van der Waals surface area contributed by atoms with E-state index in [9.17, 15) is 9.59 Å². The first-order valence-corrected chi connectivity index (χ1v) is 12.3. The molecule has 2 aliphatic heterocycles. The molecule has 1 N–H and O–H groups in total. The monoisotopic (exact) mass is 434 g/mol. The molecule has 3 heterocycles. The van der Waals surface area contributed by atoms with Gasteiger partial charge >= 0.3 is 0 Å². The zero-order valence-corrected chi connectivity index (χ0v) is 19.1. The van der Waals surface area contributed by atoms with E-state index in [1.807, 2.05) is 36.1 Å². The predicted octanol–water partition coefficient (Wildman–Crippen LogP) is 4.14. The Kier molecular flexibility index (Phi) is 6.13. The Morgan fingerprint density at radius 3 is 2.53 bits per heavy atom.